The zero-order valence-corrected chi connectivity index (χ0v) is 11.0. The van der Waals surface area contributed by atoms with Crippen LogP contribution in [0.2, 0.25) is 0 Å². The molecule has 20 heavy (non-hydrogen) atoms. The topological polar surface area (TPSA) is 52.7 Å². The van der Waals surface area contributed by atoms with Crippen molar-refractivity contribution in [1.29, 1.82) is 0 Å². The minimum absolute atomic E-state index is 0.419. The fourth-order valence-electron chi connectivity index (χ4n) is 1.94. The average Bonchev–Trinajstić information content (AvgIpc) is 2.43. The van der Waals surface area contributed by atoms with E-state index in [1.54, 1.807) is 0 Å². The van der Waals surface area contributed by atoms with Crippen LogP contribution in [0.25, 0.3) is 0 Å². The van der Waals surface area contributed by atoms with Gasteiger partial charge in [0, 0.05) is 26.2 Å². The van der Waals surface area contributed by atoms with E-state index in [1.807, 2.05) is 17.3 Å². The van der Waals surface area contributed by atoms with Gasteiger partial charge >= 0.3 is 11.8 Å². The summed E-state index contributed by atoms with van der Waals surface area (Å²) in [7, 11) is 1.91. The van der Waals surface area contributed by atoms with E-state index in [-0.39, 0.29) is 0 Å². The summed E-state index contributed by atoms with van der Waals surface area (Å²) < 4.78 is 26.8. The number of halogens is 2. The summed E-state index contributed by atoms with van der Waals surface area (Å²) in [5.41, 5.74) is -0.597. The summed E-state index contributed by atoms with van der Waals surface area (Å²) in [5, 5.41) is 1.99. The van der Waals surface area contributed by atoms with E-state index in [2.05, 4.69) is 0 Å². The van der Waals surface area contributed by atoms with E-state index < -0.39 is 29.1 Å². The third-order valence-electron chi connectivity index (χ3n) is 3.19. The third kappa shape index (κ3) is 3.11. The average molecular weight is 283 g/mol. The van der Waals surface area contributed by atoms with E-state index in [0.717, 1.165) is 12.1 Å². The number of likely N-dealkylation sites (N-methyl/N-ethyl adjacent to an activating group) is 1. The van der Waals surface area contributed by atoms with Crippen LogP contribution >= 0.6 is 0 Å². The molecule has 0 atom stereocenters. The Kier molecular flexibility index (Phi) is 4.29. The van der Waals surface area contributed by atoms with Crippen LogP contribution in [0, 0.1) is 11.6 Å². The normalized spacial score (nSPS) is 16.1. The number of nitrogens with zero attached hydrogens (tertiary/aromatic N) is 2. The molecule has 0 spiro atoms. The van der Waals surface area contributed by atoms with Gasteiger partial charge in [-0.3, -0.25) is 9.59 Å². The fraction of sp³-hybridized carbons (Fsp3) is 0.385. The SMILES string of the molecule is CN1CCN(C(=O)C(=O)Nc2c(F)cccc2F)CC1. The zero-order valence-electron chi connectivity index (χ0n) is 11.0. The van der Waals surface area contributed by atoms with Crippen molar-refractivity contribution in [3.8, 4) is 0 Å². The predicted octanol–water partition coefficient (Wildman–Crippen LogP) is 0.677. The molecule has 7 heteroatoms. The molecule has 1 N–H and O–H groups in total. The van der Waals surface area contributed by atoms with Gasteiger partial charge < -0.3 is 15.1 Å². The van der Waals surface area contributed by atoms with Crippen LogP contribution in [0.5, 0.6) is 0 Å². The molecule has 2 rings (SSSR count). The van der Waals surface area contributed by atoms with Crippen LogP contribution in [0.4, 0.5) is 14.5 Å². The Morgan fingerprint density at radius 1 is 1.10 bits per heavy atom. The molecule has 2 amide bonds. The molecule has 1 fully saturated rings. The van der Waals surface area contributed by atoms with Gasteiger partial charge in [-0.1, -0.05) is 6.07 Å². The maximum Gasteiger partial charge on any atom is 0.314 e. The second kappa shape index (κ2) is 5.96. The van der Waals surface area contributed by atoms with Gasteiger partial charge in [0.15, 0.2) is 0 Å². The van der Waals surface area contributed by atoms with Gasteiger partial charge in [0.1, 0.15) is 17.3 Å². The van der Waals surface area contributed by atoms with Gasteiger partial charge in [-0.2, -0.15) is 0 Å². The van der Waals surface area contributed by atoms with E-state index in [4.69, 9.17) is 0 Å². The first-order valence-corrected chi connectivity index (χ1v) is 6.22. The number of carbonyl (C=O) groups is 2. The molecule has 0 aliphatic carbocycles. The summed E-state index contributed by atoms with van der Waals surface area (Å²) in [6.45, 7) is 2.16. The lowest BCUT2D eigenvalue weighted by molar-refractivity contribution is -0.144. The first-order valence-electron chi connectivity index (χ1n) is 6.22. The second-order valence-corrected chi connectivity index (χ2v) is 4.65. The molecule has 0 aromatic heterocycles. The maximum atomic E-state index is 13.4. The highest BCUT2D eigenvalue weighted by molar-refractivity contribution is 6.39. The van der Waals surface area contributed by atoms with Crippen LogP contribution in [-0.4, -0.2) is 54.8 Å². The molecule has 1 heterocycles. The van der Waals surface area contributed by atoms with Crippen LogP contribution in [0.3, 0.4) is 0 Å². The number of rotatable bonds is 1. The summed E-state index contributed by atoms with van der Waals surface area (Å²) in [6, 6.07) is 3.21. The lowest BCUT2D eigenvalue weighted by Gasteiger charge is -2.31. The molecular formula is C13H15F2N3O2. The van der Waals surface area contributed by atoms with Gasteiger partial charge in [0.05, 0.1) is 0 Å². The molecule has 1 aliphatic rings. The summed E-state index contributed by atoms with van der Waals surface area (Å²) in [6.07, 6.45) is 0. The van der Waals surface area contributed by atoms with Gasteiger partial charge in [-0.05, 0) is 19.2 Å². The predicted molar refractivity (Wildman–Crippen MR) is 69.1 cm³/mol. The zero-order chi connectivity index (χ0) is 14.7. The number of benzene rings is 1. The van der Waals surface area contributed by atoms with Crippen molar-refractivity contribution >= 4 is 17.5 Å². The Hall–Kier alpha value is -2.02. The highest BCUT2D eigenvalue weighted by Crippen LogP contribution is 2.18. The number of amides is 2. The number of nitrogens with one attached hydrogen (secondary N) is 1. The number of carbonyl (C=O) groups excluding carboxylic acids is 2. The largest absolute Gasteiger partial charge is 0.332 e. The standard InChI is InChI=1S/C13H15F2N3O2/c1-17-5-7-18(8-6-17)13(20)12(19)16-11-9(14)3-2-4-10(11)15/h2-4H,5-8H2,1H3,(H,16,19). The molecule has 1 saturated heterocycles. The Bertz CT molecular complexity index is 508. The number of anilines is 1. The third-order valence-corrected chi connectivity index (χ3v) is 3.19. The van der Waals surface area contributed by atoms with Crippen LogP contribution in [-0.2, 0) is 9.59 Å². The minimum atomic E-state index is -1.03. The molecule has 5 nitrogen and oxygen atoms in total. The Morgan fingerprint density at radius 2 is 1.65 bits per heavy atom. The molecule has 0 unspecified atom stereocenters. The Morgan fingerprint density at radius 3 is 2.20 bits per heavy atom. The van der Waals surface area contributed by atoms with Crippen molar-refractivity contribution in [3.63, 3.8) is 0 Å². The van der Waals surface area contributed by atoms with Crippen molar-refractivity contribution < 1.29 is 18.4 Å². The van der Waals surface area contributed by atoms with E-state index >= 15 is 0 Å². The van der Waals surface area contributed by atoms with Crippen LogP contribution in [0.15, 0.2) is 18.2 Å². The van der Waals surface area contributed by atoms with E-state index in [1.165, 1.54) is 11.0 Å². The van der Waals surface area contributed by atoms with Gasteiger partial charge in [-0.25, -0.2) is 8.78 Å². The van der Waals surface area contributed by atoms with Crippen molar-refractivity contribution in [2.24, 2.45) is 0 Å². The molecule has 0 saturated carbocycles. The number of hydrogen-bond donors (Lipinski definition) is 1. The molecule has 0 bridgehead atoms. The fourth-order valence-corrected chi connectivity index (χ4v) is 1.94. The molecule has 1 aromatic rings. The van der Waals surface area contributed by atoms with Gasteiger partial charge in [0.25, 0.3) is 0 Å². The van der Waals surface area contributed by atoms with Crippen molar-refractivity contribution in [2.45, 2.75) is 0 Å². The van der Waals surface area contributed by atoms with Crippen LogP contribution < -0.4 is 5.32 Å². The molecule has 1 aromatic carbocycles. The molecular weight excluding hydrogens is 268 g/mol. The molecule has 108 valence electrons. The first kappa shape index (κ1) is 14.4. The Balaban J connectivity index is 2.03. The maximum absolute atomic E-state index is 13.4. The lowest BCUT2D eigenvalue weighted by atomic mass is 10.2. The van der Waals surface area contributed by atoms with Crippen molar-refractivity contribution in [2.75, 3.05) is 38.5 Å². The number of piperazine rings is 1. The van der Waals surface area contributed by atoms with Crippen molar-refractivity contribution in [1.82, 2.24) is 9.80 Å². The second-order valence-electron chi connectivity index (χ2n) is 4.65. The van der Waals surface area contributed by atoms with Gasteiger partial charge in [-0.15, -0.1) is 0 Å². The number of hydrogen-bond acceptors (Lipinski definition) is 3. The smallest absolute Gasteiger partial charge is 0.314 e. The monoisotopic (exact) mass is 283 g/mol. The van der Waals surface area contributed by atoms with E-state index in [0.29, 0.717) is 26.2 Å². The van der Waals surface area contributed by atoms with Crippen molar-refractivity contribution in [3.05, 3.63) is 29.8 Å². The lowest BCUT2D eigenvalue weighted by Crippen LogP contribution is -2.50. The Labute approximate surface area is 115 Å². The summed E-state index contributed by atoms with van der Waals surface area (Å²) >= 11 is 0. The summed E-state index contributed by atoms with van der Waals surface area (Å²) in [4.78, 5) is 27.0. The quantitative estimate of drug-likeness (QED) is 0.771. The highest BCUT2D eigenvalue weighted by atomic mass is 19.1. The van der Waals surface area contributed by atoms with Gasteiger partial charge in [0.2, 0.25) is 0 Å². The first-order chi connectivity index (χ1) is 9.49. The molecule has 0 radical (unpaired) electrons. The highest BCUT2D eigenvalue weighted by Gasteiger charge is 2.26. The summed E-state index contributed by atoms with van der Waals surface area (Å²) in [5.74, 6) is -3.63. The number of para-hydroxylation sites is 1. The molecule has 1 aliphatic heterocycles. The minimum Gasteiger partial charge on any atom is -0.332 e. The van der Waals surface area contributed by atoms with Crippen LogP contribution in [0.1, 0.15) is 0 Å². The van der Waals surface area contributed by atoms with E-state index in [9.17, 15) is 18.4 Å².